The van der Waals surface area contributed by atoms with Crippen LogP contribution in [0.25, 0.3) is 10.8 Å². The van der Waals surface area contributed by atoms with Crippen molar-refractivity contribution in [1.82, 2.24) is 4.72 Å². The SMILES string of the molecule is CN(C)c1cccc2c(S(=O)(=O)NCCCC34CC5CC(C3)C54)cccc12. The summed E-state index contributed by atoms with van der Waals surface area (Å²) in [6.45, 7) is 0.538. The lowest BCUT2D eigenvalue weighted by atomic mass is 9.28. The first-order chi connectivity index (χ1) is 12.9. The second kappa shape index (κ2) is 5.95. The van der Waals surface area contributed by atoms with Crippen LogP contribution in [0.15, 0.2) is 41.3 Å². The normalized spacial score (nSPS) is 30.8. The zero-order chi connectivity index (χ0) is 18.8. The number of fused-ring (bicyclic) bond motifs is 1. The van der Waals surface area contributed by atoms with E-state index in [4.69, 9.17) is 0 Å². The predicted octanol–water partition coefficient (Wildman–Crippen LogP) is 4.01. The van der Waals surface area contributed by atoms with Gasteiger partial charge in [0, 0.05) is 37.1 Å². The molecule has 0 aromatic heterocycles. The third-order valence-corrected chi connectivity index (χ3v) is 8.96. The molecule has 1 N–H and O–H groups in total. The van der Waals surface area contributed by atoms with Gasteiger partial charge in [-0.3, -0.25) is 0 Å². The van der Waals surface area contributed by atoms with Crippen LogP contribution in [-0.2, 0) is 10.0 Å². The average Bonchev–Trinajstić information content (AvgIpc) is 2.63. The highest BCUT2D eigenvalue weighted by atomic mass is 32.2. The number of sulfonamides is 1. The maximum Gasteiger partial charge on any atom is 0.241 e. The summed E-state index contributed by atoms with van der Waals surface area (Å²) in [5.41, 5.74) is 1.63. The summed E-state index contributed by atoms with van der Waals surface area (Å²) in [6.07, 6.45) is 6.40. The van der Waals surface area contributed by atoms with Crippen molar-refractivity contribution in [2.24, 2.45) is 23.2 Å². The maximum atomic E-state index is 12.9. The van der Waals surface area contributed by atoms with Gasteiger partial charge < -0.3 is 4.90 Å². The summed E-state index contributed by atoms with van der Waals surface area (Å²) in [7, 11) is 0.454. The summed E-state index contributed by atoms with van der Waals surface area (Å²) in [5.74, 6) is 3.03. The highest BCUT2D eigenvalue weighted by molar-refractivity contribution is 7.89. The Balaban J connectivity index is 1.29. The Morgan fingerprint density at radius 1 is 1.07 bits per heavy atom. The van der Waals surface area contributed by atoms with Gasteiger partial charge in [-0.15, -0.1) is 0 Å². The van der Waals surface area contributed by atoms with E-state index in [-0.39, 0.29) is 0 Å². The molecule has 3 aliphatic rings. The molecule has 0 heterocycles. The topological polar surface area (TPSA) is 49.4 Å². The fourth-order valence-electron chi connectivity index (χ4n) is 6.35. The van der Waals surface area contributed by atoms with E-state index in [0.717, 1.165) is 40.6 Å². The van der Waals surface area contributed by atoms with E-state index in [1.807, 2.05) is 49.3 Å². The van der Waals surface area contributed by atoms with Gasteiger partial charge in [-0.25, -0.2) is 13.1 Å². The first kappa shape index (κ1) is 17.5. The van der Waals surface area contributed by atoms with E-state index < -0.39 is 10.0 Å². The van der Waals surface area contributed by atoms with Crippen LogP contribution >= 0.6 is 0 Å². The monoisotopic (exact) mass is 384 g/mol. The van der Waals surface area contributed by atoms with Crippen molar-refractivity contribution in [2.75, 3.05) is 25.5 Å². The van der Waals surface area contributed by atoms with Crippen molar-refractivity contribution in [3.05, 3.63) is 36.4 Å². The quantitative estimate of drug-likeness (QED) is 0.734. The Morgan fingerprint density at radius 3 is 2.44 bits per heavy atom. The summed E-state index contributed by atoms with van der Waals surface area (Å²) in [5, 5.41) is 1.75. The molecule has 0 radical (unpaired) electrons. The molecule has 0 saturated heterocycles. The fourth-order valence-corrected chi connectivity index (χ4v) is 7.65. The number of benzene rings is 2. The van der Waals surface area contributed by atoms with Gasteiger partial charge >= 0.3 is 0 Å². The predicted molar refractivity (Wildman–Crippen MR) is 109 cm³/mol. The lowest BCUT2D eigenvalue weighted by Gasteiger charge is -2.76. The molecule has 3 aliphatic carbocycles. The van der Waals surface area contributed by atoms with Crippen LogP contribution in [0.4, 0.5) is 5.69 Å². The highest BCUT2D eigenvalue weighted by Gasteiger charge is 2.70. The van der Waals surface area contributed by atoms with E-state index >= 15 is 0 Å². The fraction of sp³-hybridized carbons (Fsp3) is 0.545. The van der Waals surface area contributed by atoms with E-state index in [1.165, 1.54) is 25.7 Å². The Bertz CT molecular complexity index is 987. The Kier molecular flexibility index (Phi) is 3.86. The van der Waals surface area contributed by atoms with Crippen LogP contribution < -0.4 is 9.62 Å². The van der Waals surface area contributed by atoms with Crippen LogP contribution in [0.1, 0.15) is 32.1 Å². The van der Waals surface area contributed by atoms with Gasteiger partial charge in [-0.05, 0) is 67.4 Å². The Hall–Kier alpha value is -1.59. The summed E-state index contributed by atoms with van der Waals surface area (Å²) in [4.78, 5) is 2.40. The van der Waals surface area contributed by atoms with E-state index in [0.29, 0.717) is 16.9 Å². The molecule has 0 aliphatic heterocycles. The minimum atomic E-state index is -3.50. The van der Waals surface area contributed by atoms with Crippen LogP contribution in [0.5, 0.6) is 0 Å². The molecule has 5 heteroatoms. The standard InChI is InChI=1S/C22H28N2O2S/c1-24(2)19-8-3-7-18-17(19)6-4-9-20(18)27(25,26)23-11-5-10-22-13-15-12-16(14-22)21(15)22/h3-4,6-9,15-16,21,23H,5,10-14H2,1-2H3. The molecule has 0 spiro atoms. The van der Waals surface area contributed by atoms with Gasteiger partial charge in [0.15, 0.2) is 0 Å². The molecule has 27 heavy (non-hydrogen) atoms. The molecule has 3 saturated carbocycles. The van der Waals surface area contributed by atoms with Gasteiger partial charge in [0.1, 0.15) is 0 Å². The maximum absolute atomic E-state index is 12.9. The van der Waals surface area contributed by atoms with Crippen molar-refractivity contribution >= 4 is 26.5 Å². The van der Waals surface area contributed by atoms with Crippen LogP contribution in [0.2, 0.25) is 0 Å². The van der Waals surface area contributed by atoms with Crippen LogP contribution in [0, 0.1) is 23.2 Å². The second-order valence-electron chi connectivity index (χ2n) is 9.08. The second-order valence-corrected chi connectivity index (χ2v) is 10.8. The molecule has 5 rings (SSSR count). The Morgan fingerprint density at radius 2 is 1.78 bits per heavy atom. The number of nitrogens with one attached hydrogen (secondary N) is 1. The smallest absolute Gasteiger partial charge is 0.241 e. The molecule has 2 atom stereocenters. The number of anilines is 1. The van der Waals surface area contributed by atoms with E-state index in [2.05, 4.69) is 4.72 Å². The number of nitrogens with zero attached hydrogens (tertiary/aromatic N) is 1. The third-order valence-electron chi connectivity index (χ3n) is 7.44. The molecular formula is C22H28N2O2S. The third kappa shape index (κ3) is 2.54. The molecule has 2 aromatic rings. The van der Waals surface area contributed by atoms with Gasteiger partial charge in [0.25, 0.3) is 0 Å². The zero-order valence-corrected chi connectivity index (χ0v) is 16.9. The molecule has 0 bridgehead atoms. The largest absolute Gasteiger partial charge is 0.377 e. The molecule has 2 unspecified atom stereocenters. The molecule has 4 nitrogen and oxygen atoms in total. The van der Waals surface area contributed by atoms with Crippen molar-refractivity contribution in [2.45, 2.75) is 37.0 Å². The van der Waals surface area contributed by atoms with Crippen LogP contribution in [-0.4, -0.2) is 29.1 Å². The minimum Gasteiger partial charge on any atom is -0.377 e. The van der Waals surface area contributed by atoms with Gasteiger partial charge in [0.2, 0.25) is 10.0 Å². The first-order valence-corrected chi connectivity index (χ1v) is 11.6. The van der Waals surface area contributed by atoms with Crippen LogP contribution in [0.3, 0.4) is 0 Å². The van der Waals surface area contributed by atoms with Gasteiger partial charge in [-0.2, -0.15) is 0 Å². The van der Waals surface area contributed by atoms with Crippen molar-refractivity contribution in [1.29, 1.82) is 0 Å². The molecule has 144 valence electrons. The average molecular weight is 385 g/mol. The number of hydrogen-bond acceptors (Lipinski definition) is 3. The first-order valence-electron chi connectivity index (χ1n) is 10.1. The summed E-state index contributed by atoms with van der Waals surface area (Å²) < 4.78 is 28.8. The minimum absolute atomic E-state index is 0.383. The summed E-state index contributed by atoms with van der Waals surface area (Å²) in [6, 6.07) is 11.4. The zero-order valence-electron chi connectivity index (χ0n) is 16.1. The number of hydrogen-bond donors (Lipinski definition) is 1. The molecule has 3 fully saturated rings. The molecule has 2 aromatic carbocycles. The van der Waals surface area contributed by atoms with Crippen molar-refractivity contribution in [3.63, 3.8) is 0 Å². The lowest BCUT2D eigenvalue weighted by Crippen LogP contribution is -2.69. The van der Waals surface area contributed by atoms with E-state index in [1.54, 1.807) is 6.07 Å². The molecule has 0 amide bonds. The van der Waals surface area contributed by atoms with Crippen molar-refractivity contribution < 1.29 is 8.42 Å². The van der Waals surface area contributed by atoms with Gasteiger partial charge in [-0.1, -0.05) is 24.3 Å². The van der Waals surface area contributed by atoms with E-state index in [9.17, 15) is 8.42 Å². The molecular weight excluding hydrogens is 356 g/mol. The highest BCUT2D eigenvalue weighted by Crippen LogP contribution is 2.78. The summed E-state index contributed by atoms with van der Waals surface area (Å²) >= 11 is 0. The Labute approximate surface area is 162 Å². The van der Waals surface area contributed by atoms with Crippen molar-refractivity contribution in [3.8, 4) is 0 Å². The van der Waals surface area contributed by atoms with Gasteiger partial charge in [0.05, 0.1) is 4.90 Å². The number of rotatable bonds is 7. The lowest BCUT2D eigenvalue weighted by molar-refractivity contribution is -0.273.